The van der Waals surface area contributed by atoms with Gasteiger partial charge < -0.3 is 10.0 Å². The standard InChI is InChI=1S/C15H20ClNO2/c16-14-8-4-3-7-12(14)13(15(18)19)11-17-9-5-1-2-6-10-17/h3-4,7-8,13H,1-2,5-6,9-11H2,(H,18,19). The van der Waals surface area contributed by atoms with Gasteiger partial charge in [-0.05, 0) is 37.6 Å². The van der Waals surface area contributed by atoms with Crippen LogP contribution in [0.15, 0.2) is 24.3 Å². The Morgan fingerprint density at radius 3 is 2.42 bits per heavy atom. The lowest BCUT2D eigenvalue weighted by Crippen LogP contribution is -2.32. The predicted molar refractivity (Wildman–Crippen MR) is 76.7 cm³/mol. The van der Waals surface area contributed by atoms with Crippen molar-refractivity contribution >= 4 is 17.6 Å². The summed E-state index contributed by atoms with van der Waals surface area (Å²) in [5.74, 6) is -1.33. The van der Waals surface area contributed by atoms with Gasteiger partial charge in [0, 0.05) is 11.6 Å². The van der Waals surface area contributed by atoms with E-state index in [2.05, 4.69) is 4.90 Å². The number of halogens is 1. The first-order valence-electron chi connectivity index (χ1n) is 6.88. The molecule has 19 heavy (non-hydrogen) atoms. The van der Waals surface area contributed by atoms with Crippen LogP contribution >= 0.6 is 11.6 Å². The average molecular weight is 282 g/mol. The van der Waals surface area contributed by atoms with E-state index < -0.39 is 11.9 Å². The summed E-state index contributed by atoms with van der Waals surface area (Å²) < 4.78 is 0. The van der Waals surface area contributed by atoms with Crippen molar-refractivity contribution in [2.75, 3.05) is 19.6 Å². The normalized spacial score (nSPS) is 18.8. The lowest BCUT2D eigenvalue weighted by molar-refractivity contribution is -0.139. The molecule has 1 atom stereocenters. The smallest absolute Gasteiger partial charge is 0.312 e. The average Bonchev–Trinajstić information content (AvgIpc) is 2.65. The Bertz CT molecular complexity index is 428. The van der Waals surface area contributed by atoms with Crippen molar-refractivity contribution in [3.63, 3.8) is 0 Å². The van der Waals surface area contributed by atoms with Crippen LogP contribution in [0.25, 0.3) is 0 Å². The summed E-state index contributed by atoms with van der Waals surface area (Å²) in [5, 5.41) is 10.0. The van der Waals surface area contributed by atoms with Gasteiger partial charge in [-0.15, -0.1) is 0 Å². The van der Waals surface area contributed by atoms with Gasteiger partial charge in [0.2, 0.25) is 0 Å². The highest BCUT2D eigenvalue weighted by atomic mass is 35.5. The molecule has 4 heteroatoms. The molecule has 104 valence electrons. The van der Waals surface area contributed by atoms with Gasteiger partial charge in [0.05, 0.1) is 5.92 Å². The molecule has 1 aromatic carbocycles. The van der Waals surface area contributed by atoms with Crippen molar-refractivity contribution in [1.82, 2.24) is 4.90 Å². The van der Waals surface area contributed by atoms with Gasteiger partial charge in [-0.25, -0.2) is 0 Å². The lowest BCUT2D eigenvalue weighted by Gasteiger charge is -2.24. The first-order chi connectivity index (χ1) is 9.18. The van der Waals surface area contributed by atoms with Crippen LogP contribution in [0.1, 0.15) is 37.2 Å². The van der Waals surface area contributed by atoms with Crippen molar-refractivity contribution < 1.29 is 9.90 Å². The van der Waals surface area contributed by atoms with Crippen molar-refractivity contribution in [3.8, 4) is 0 Å². The van der Waals surface area contributed by atoms with Gasteiger partial charge >= 0.3 is 5.97 Å². The monoisotopic (exact) mass is 281 g/mol. The van der Waals surface area contributed by atoms with E-state index >= 15 is 0 Å². The molecule has 1 unspecified atom stereocenters. The zero-order valence-electron chi connectivity index (χ0n) is 11.0. The quantitative estimate of drug-likeness (QED) is 0.920. The number of carboxylic acid groups (broad SMARTS) is 1. The molecule has 1 saturated heterocycles. The number of benzene rings is 1. The van der Waals surface area contributed by atoms with Crippen LogP contribution in [0, 0.1) is 0 Å². The molecule has 0 radical (unpaired) electrons. The van der Waals surface area contributed by atoms with E-state index in [1.807, 2.05) is 18.2 Å². The Balaban J connectivity index is 2.12. The molecule has 1 fully saturated rings. The van der Waals surface area contributed by atoms with Crippen LogP contribution in [-0.4, -0.2) is 35.6 Å². The maximum absolute atomic E-state index is 11.5. The summed E-state index contributed by atoms with van der Waals surface area (Å²) in [6, 6.07) is 7.25. The zero-order valence-corrected chi connectivity index (χ0v) is 11.8. The SMILES string of the molecule is O=C(O)C(CN1CCCCCC1)c1ccccc1Cl. The molecule has 2 rings (SSSR count). The van der Waals surface area contributed by atoms with Crippen LogP contribution in [0.5, 0.6) is 0 Å². The fraction of sp³-hybridized carbons (Fsp3) is 0.533. The number of hydrogen-bond donors (Lipinski definition) is 1. The van der Waals surface area contributed by atoms with Gasteiger partial charge in [-0.3, -0.25) is 4.79 Å². The number of carboxylic acids is 1. The molecule has 3 nitrogen and oxygen atoms in total. The lowest BCUT2D eigenvalue weighted by atomic mass is 9.98. The van der Waals surface area contributed by atoms with Crippen molar-refractivity contribution in [2.24, 2.45) is 0 Å². The minimum absolute atomic E-state index is 0.535. The van der Waals surface area contributed by atoms with Crippen LogP contribution in [0.3, 0.4) is 0 Å². The van der Waals surface area contributed by atoms with Gasteiger partial charge in [0.1, 0.15) is 0 Å². The molecule has 0 aliphatic carbocycles. The van der Waals surface area contributed by atoms with Crippen molar-refractivity contribution in [2.45, 2.75) is 31.6 Å². The van der Waals surface area contributed by atoms with Gasteiger partial charge in [0.25, 0.3) is 0 Å². The molecule has 1 aromatic rings. The third-order valence-corrected chi connectivity index (χ3v) is 4.06. The maximum Gasteiger partial charge on any atom is 0.312 e. The second-order valence-corrected chi connectivity index (χ2v) is 5.53. The number of carbonyl (C=O) groups is 1. The number of nitrogens with zero attached hydrogens (tertiary/aromatic N) is 1. The summed E-state index contributed by atoms with van der Waals surface area (Å²) in [5.41, 5.74) is 0.723. The highest BCUT2D eigenvalue weighted by Crippen LogP contribution is 2.26. The Hall–Kier alpha value is -1.06. The van der Waals surface area contributed by atoms with Crippen LogP contribution in [-0.2, 0) is 4.79 Å². The summed E-state index contributed by atoms with van der Waals surface area (Å²) >= 11 is 6.13. The van der Waals surface area contributed by atoms with Crippen LogP contribution in [0.4, 0.5) is 0 Å². The van der Waals surface area contributed by atoms with Gasteiger partial charge in [-0.1, -0.05) is 42.6 Å². The summed E-state index contributed by atoms with van der Waals surface area (Å²) in [6.07, 6.45) is 4.82. The van der Waals surface area contributed by atoms with E-state index in [4.69, 9.17) is 11.6 Å². The molecule has 0 amide bonds. The fourth-order valence-electron chi connectivity index (χ4n) is 2.64. The second kappa shape index (κ2) is 6.92. The maximum atomic E-state index is 11.5. The number of likely N-dealkylation sites (tertiary alicyclic amines) is 1. The third-order valence-electron chi connectivity index (χ3n) is 3.72. The van der Waals surface area contributed by atoms with Crippen LogP contribution < -0.4 is 0 Å². The topological polar surface area (TPSA) is 40.5 Å². The molecule has 0 saturated carbocycles. The Labute approximate surface area is 119 Å². The molecule has 0 spiro atoms. The minimum atomic E-state index is -0.794. The fourth-order valence-corrected chi connectivity index (χ4v) is 2.91. The number of rotatable bonds is 4. The Kier molecular flexibility index (Phi) is 5.23. The number of hydrogen-bond acceptors (Lipinski definition) is 2. The molecule has 1 heterocycles. The van der Waals surface area contributed by atoms with Crippen molar-refractivity contribution in [1.29, 1.82) is 0 Å². The van der Waals surface area contributed by atoms with E-state index in [-0.39, 0.29) is 0 Å². The van der Waals surface area contributed by atoms with Crippen molar-refractivity contribution in [3.05, 3.63) is 34.9 Å². The third kappa shape index (κ3) is 3.95. The highest BCUT2D eigenvalue weighted by molar-refractivity contribution is 6.31. The first kappa shape index (κ1) is 14.4. The van der Waals surface area contributed by atoms with E-state index in [1.165, 1.54) is 12.8 Å². The summed E-state index contributed by atoms with van der Waals surface area (Å²) in [7, 11) is 0. The highest BCUT2D eigenvalue weighted by Gasteiger charge is 2.25. The van der Waals surface area contributed by atoms with Gasteiger partial charge in [0.15, 0.2) is 0 Å². The molecule has 0 bridgehead atoms. The largest absolute Gasteiger partial charge is 0.481 e. The molecular weight excluding hydrogens is 262 g/mol. The van der Waals surface area contributed by atoms with E-state index in [0.717, 1.165) is 31.5 Å². The van der Waals surface area contributed by atoms with E-state index in [9.17, 15) is 9.90 Å². The molecule has 1 aliphatic heterocycles. The van der Waals surface area contributed by atoms with Gasteiger partial charge in [-0.2, -0.15) is 0 Å². The van der Waals surface area contributed by atoms with E-state index in [0.29, 0.717) is 11.6 Å². The molecular formula is C15H20ClNO2. The first-order valence-corrected chi connectivity index (χ1v) is 7.26. The van der Waals surface area contributed by atoms with Crippen LogP contribution in [0.2, 0.25) is 5.02 Å². The Morgan fingerprint density at radius 1 is 1.21 bits per heavy atom. The Morgan fingerprint density at radius 2 is 1.84 bits per heavy atom. The summed E-state index contributed by atoms with van der Waals surface area (Å²) in [6.45, 7) is 2.54. The number of aliphatic carboxylic acids is 1. The molecule has 1 aliphatic rings. The zero-order chi connectivity index (χ0) is 13.7. The predicted octanol–water partition coefficient (Wildman–Crippen LogP) is 3.38. The second-order valence-electron chi connectivity index (χ2n) is 5.13. The van der Waals surface area contributed by atoms with E-state index in [1.54, 1.807) is 6.07 Å². The molecule has 1 N–H and O–H groups in total. The summed E-state index contributed by atoms with van der Waals surface area (Å²) in [4.78, 5) is 13.8. The minimum Gasteiger partial charge on any atom is -0.481 e. The molecule has 0 aromatic heterocycles.